The van der Waals surface area contributed by atoms with E-state index in [-0.39, 0.29) is 11.0 Å². The quantitative estimate of drug-likeness (QED) is 0.142. The van der Waals surface area contributed by atoms with Crippen molar-refractivity contribution >= 4 is 291 Å². The summed E-state index contributed by atoms with van der Waals surface area (Å²) in [5.74, 6) is 0. The van der Waals surface area contributed by atoms with Gasteiger partial charge in [-0.05, 0) is 361 Å². The van der Waals surface area contributed by atoms with Gasteiger partial charge in [-0.2, -0.15) is 0 Å². The molecule has 1 radical (unpaired) electrons. The molecule has 28 aromatic rings. The average Bonchev–Trinajstić information content (AvgIpc) is 3.72. The summed E-state index contributed by atoms with van der Waals surface area (Å²) in [4.78, 5) is 2.99. The molecule has 321 valence electrons. The minimum atomic E-state index is -0.578. The summed E-state index contributed by atoms with van der Waals surface area (Å²) >= 11 is 0. The van der Waals surface area contributed by atoms with Crippen LogP contribution in [0.3, 0.4) is 0 Å². The zero-order valence-corrected chi connectivity index (χ0v) is 39.9. The Hall–Kier alpha value is -7.66. The van der Waals surface area contributed by atoms with Gasteiger partial charge < -0.3 is 0 Å². The number of hydrogen-bond acceptors (Lipinski definition) is 2. The molecule has 3 spiro atoms. The summed E-state index contributed by atoms with van der Waals surface area (Å²) in [6, 6.07) is 0. The fourth-order valence-corrected chi connectivity index (χ4v) is 28.3. The summed E-state index contributed by atoms with van der Waals surface area (Å²) in [6.07, 6.45) is 1.70. The Labute approximate surface area is 407 Å². The number of rotatable bonds is 0. The van der Waals surface area contributed by atoms with Crippen LogP contribution in [-0.4, -0.2) is 40.2 Å². The van der Waals surface area contributed by atoms with Crippen LogP contribution in [-0.2, 0) is 16.0 Å². The van der Waals surface area contributed by atoms with E-state index in [1.165, 1.54) is 0 Å². The Balaban J connectivity index is 1.14. The second kappa shape index (κ2) is 6.41. The van der Waals surface area contributed by atoms with Crippen molar-refractivity contribution in [3.05, 3.63) is 22.3 Å². The lowest BCUT2D eigenvalue weighted by molar-refractivity contribution is -0.305. The van der Waals surface area contributed by atoms with Gasteiger partial charge in [0.2, 0.25) is 0 Å². The van der Waals surface area contributed by atoms with Gasteiger partial charge in [-0.25, -0.2) is 0 Å². The minimum Gasteiger partial charge on any atom is -0.298 e. The van der Waals surface area contributed by atoms with E-state index in [1.54, 1.807) is 318 Å². The molecule has 0 bridgehead atoms. The van der Waals surface area contributed by atoms with Gasteiger partial charge >= 0.3 is 0 Å². The van der Waals surface area contributed by atoms with Crippen LogP contribution in [0, 0.1) is 0 Å². The van der Waals surface area contributed by atoms with E-state index in [9.17, 15) is 0 Å². The van der Waals surface area contributed by atoms with E-state index in [1.807, 2.05) is 0 Å². The van der Waals surface area contributed by atoms with Crippen molar-refractivity contribution in [2.24, 2.45) is 0 Å². The maximum absolute atomic E-state index is 15.3. The van der Waals surface area contributed by atoms with Crippen LogP contribution in [0.4, 0.5) is 0 Å². The van der Waals surface area contributed by atoms with Crippen molar-refractivity contribution in [2.45, 2.75) is 68.0 Å². The van der Waals surface area contributed by atoms with E-state index in [0.29, 0.717) is 0 Å². The molecule has 2 fully saturated rings. The normalized spacial score (nSPS) is 23.3. The van der Waals surface area contributed by atoms with Crippen LogP contribution in [0.2, 0.25) is 0 Å². The Bertz CT molecular complexity index is 7210. The standard InChI is InChI=1S/C71H21N2O/c1-67(2)6-69(7-68(3,4)73(67)74)71-65-59-53-43-31-23-15-11-9-10-13-17(15)25(31)35-29-21(13)22-14(10)18-16-12(9)20-19(11)27-33(23)41-47-37(27)38-28(20)34-24(16)32-26(18)36-30(22)40-39(29)51(45(35)53)61(65)62-52(40)46(36)54-44(32)50-42(34)48(38)56-55(47)63(57(59)49(41)43)70(71,8-72(69)5)64(56)58(50)60(54)66(62)71/h6-8H2,1-5H3. The van der Waals surface area contributed by atoms with E-state index in [2.05, 4.69) is 39.6 Å². The van der Waals surface area contributed by atoms with Crippen molar-refractivity contribution < 1.29 is 5.21 Å². The molecule has 0 aromatic heterocycles. The topological polar surface area (TPSA) is 26.4 Å². The number of likely N-dealkylation sites (N-methyl/N-ethyl adjacent to an activating group) is 1. The molecular weight excluding hydrogens is 897 g/mol. The first kappa shape index (κ1) is 29.3. The maximum atomic E-state index is 15.3. The van der Waals surface area contributed by atoms with Crippen LogP contribution < -0.4 is 0 Å². The monoisotopic (exact) mass is 917 g/mol. The van der Waals surface area contributed by atoms with Gasteiger partial charge in [0, 0.05) is 23.2 Å². The molecule has 0 unspecified atom stereocenters. The minimum absolute atomic E-state index is 0.329. The second-order valence-electron chi connectivity index (χ2n) is 29.6. The van der Waals surface area contributed by atoms with E-state index >= 15 is 5.21 Å². The second-order valence-corrected chi connectivity index (χ2v) is 29.6. The summed E-state index contributed by atoms with van der Waals surface area (Å²) in [6.45, 7) is 10.3. The van der Waals surface area contributed by atoms with Crippen molar-refractivity contribution in [1.29, 1.82) is 0 Å². The Morgan fingerprint density at radius 2 is 0.419 bits per heavy atom. The molecule has 2 aliphatic heterocycles. The number of likely N-dealkylation sites (tertiary alicyclic amines) is 1. The first-order valence-corrected chi connectivity index (χ1v) is 28.1. The highest BCUT2D eigenvalue weighted by Crippen LogP contribution is 2.88. The van der Waals surface area contributed by atoms with Crippen LogP contribution >= 0.6 is 0 Å². The fourth-order valence-electron chi connectivity index (χ4n) is 28.3. The van der Waals surface area contributed by atoms with Crippen molar-refractivity contribution in [3.63, 3.8) is 0 Å². The molecule has 0 N–H and O–H groups in total. The van der Waals surface area contributed by atoms with Gasteiger partial charge in [0.25, 0.3) is 0 Å². The van der Waals surface area contributed by atoms with Crippen molar-refractivity contribution in [1.82, 2.24) is 9.96 Å². The van der Waals surface area contributed by atoms with E-state index in [0.717, 1.165) is 19.4 Å². The van der Waals surface area contributed by atoms with Crippen molar-refractivity contribution in [3.8, 4) is 0 Å². The van der Waals surface area contributed by atoms with Crippen LogP contribution in [0.25, 0.3) is 291 Å². The molecule has 2 saturated heterocycles. The molecule has 74 heavy (non-hydrogen) atoms. The van der Waals surface area contributed by atoms with Gasteiger partial charge in [-0.1, -0.05) is 0 Å². The highest BCUT2D eigenvalue weighted by atomic mass is 16.5. The number of benzene rings is 18. The molecule has 6 aliphatic rings. The third-order valence-corrected chi connectivity index (χ3v) is 27.9. The van der Waals surface area contributed by atoms with Crippen LogP contribution in [0.15, 0.2) is 0 Å². The zero-order chi connectivity index (χ0) is 45.3. The van der Waals surface area contributed by atoms with E-state index < -0.39 is 16.5 Å². The molecule has 28 aromatic carbocycles. The van der Waals surface area contributed by atoms with E-state index in [4.69, 9.17) is 0 Å². The number of nitrogens with zero attached hydrogens (tertiary/aromatic N) is 2. The van der Waals surface area contributed by atoms with Crippen LogP contribution in [0.1, 0.15) is 62.8 Å². The third kappa shape index (κ3) is 1.54. The molecule has 0 amide bonds. The van der Waals surface area contributed by atoms with Gasteiger partial charge in [0.15, 0.2) is 0 Å². The molecule has 3 nitrogen and oxygen atoms in total. The van der Waals surface area contributed by atoms with Crippen molar-refractivity contribution in [2.75, 3.05) is 13.6 Å². The third-order valence-electron chi connectivity index (χ3n) is 27.9. The molecule has 0 atom stereocenters. The number of hydroxylamine groups is 2. The SMILES string of the molecule is CN1CC23c4c5c6c7c8c9c(c%10c%11c2c2c4c4c%12c5c5c6c6c8c8c%13c9c9c%10c%10c%11c%11c2c2c4c4c%12c%12c5c5c6c8c6c8c%13c9c9c%10c%10c%11c2c2c4c4c%12c5c6c5c8c9c%10c2c45)C73C12CC(C)(C)N([O])C(C)(C)C2. The predicted molar refractivity (Wildman–Crippen MR) is 309 cm³/mol. The number of hydrogen-bond donors (Lipinski definition) is 0. The highest BCUT2D eigenvalue weighted by Gasteiger charge is 2.82. The predicted octanol–water partition coefficient (Wildman–Crippen LogP) is 18.0. The summed E-state index contributed by atoms with van der Waals surface area (Å²) < 4.78 is 0. The highest BCUT2D eigenvalue weighted by molar-refractivity contribution is 6.82. The number of piperidine rings is 1. The van der Waals surface area contributed by atoms with Crippen LogP contribution in [0.5, 0.6) is 0 Å². The summed E-state index contributed by atoms with van der Waals surface area (Å²) in [7, 11) is 2.58. The van der Waals surface area contributed by atoms with Gasteiger partial charge in [0.05, 0.1) is 10.8 Å². The summed E-state index contributed by atoms with van der Waals surface area (Å²) in [5, 5.41) is 106. The first-order chi connectivity index (χ1) is 36.2. The lowest BCUT2D eigenvalue weighted by Gasteiger charge is -2.64. The lowest BCUT2D eigenvalue weighted by atomic mass is 9.42. The zero-order valence-electron chi connectivity index (χ0n) is 39.9. The Morgan fingerprint density at radius 3 is 0.608 bits per heavy atom. The first-order valence-electron chi connectivity index (χ1n) is 28.1. The molecule has 4 aliphatic carbocycles. The smallest absolute Gasteiger partial charge is 0.0563 e. The molecular formula is C71H21N2O. The Kier molecular flexibility index (Phi) is 2.54. The maximum Gasteiger partial charge on any atom is 0.0563 e. The molecule has 0 saturated carbocycles. The fraction of sp³-hybridized carbons (Fsp3) is 0.183. The molecule has 34 rings (SSSR count). The van der Waals surface area contributed by atoms with Gasteiger partial charge in [-0.15, -0.1) is 10.3 Å². The summed E-state index contributed by atoms with van der Waals surface area (Å²) in [5.41, 5.74) is 4.74. The largest absolute Gasteiger partial charge is 0.298 e. The lowest BCUT2D eigenvalue weighted by Crippen LogP contribution is -2.72. The molecule has 3 heteroatoms. The van der Waals surface area contributed by atoms with Gasteiger partial charge in [-0.3, -0.25) is 4.90 Å². The van der Waals surface area contributed by atoms with Gasteiger partial charge in [0.1, 0.15) is 0 Å². The Morgan fingerprint density at radius 1 is 0.257 bits per heavy atom. The molecule has 2 heterocycles. The average molecular weight is 918 g/mol.